The second kappa shape index (κ2) is 9.32. The summed E-state index contributed by atoms with van der Waals surface area (Å²) in [6, 6.07) is 12.2. The van der Waals surface area contributed by atoms with Gasteiger partial charge in [0.15, 0.2) is 0 Å². The Bertz CT molecular complexity index is 1090. The number of amides is 1. The molecule has 164 valence electrons. The molecule has 1 aliphatic heterocycles. The number of piperidine rings is 1. The quantitative estimate of drug-likeness (QED) is 0.585. The molecule has 8 heteroatoms. The Morgan fingerprint density at radius 3 is 2.71 bits per heavy atom. The molecule has 1 aliphatic rings. The van der Waals surface area contributed by atoms with Crippen LogP contribution >= 0.6 is 0 Å². The van der Waals surface area contributed by atoms with Crippen molar-refractivity contribution < 1.29 is 4.79 Å². The molecular weight excluding hydrogens is 392 g/mol. The number of rotatable bonds is 7. The van der Waals surface area contributed by atoms with E-state index in [4.69, 9.17) is 0 Å². The number of aromatic nitrogens is 4. The molecule has 1 saturated heterocycles. The molecule has 3 aromatic rings. The van der Waals surface area contributed by atoms with Crippen molar-refractivity contribution in [3.8, 4) is 0 Å². The highest BCUT2D eigenvalue weighted by Gasteiger charge is 2.23. The van der Waals surface area contributed by atoms with E-state index < -0.39 is 0 Å². The Balaban J connectivity index is 1.54. The van der Waals surface area contributed by atoms with E-state index in [0.717, 1.165) is 37.2 Å². The molecule has 0 radical (unpaired) electrons. The van der Waals surface area contributed by atoms with Crippen LogP contribution in [0.3, 0.4) is 0 Å². The van der Waals surface area contributed by atoms with Gasteiger partial charge in [-0.15, -0.1) is 5.10 Å². The van der Waals surface area contributed by atoms with Crippen molar-refractivity contribution in [2.45, 2.75) is 58.7 Å². The van der Waals surface area contributed by atoms with Gasteiger partial charge < -0.3 is 9.80 Å². The van der Waals surface area contributed by atoms with Gasteiger partial charge in [-0.2, -0.15) is 4.98 Å². The molecule has 1 fully saturated rings. The number of fused-ring (bicyclic) bond motifs is 1. The summed E-state index contributed by atoms with van der Waals surface area (Å²) in [4.78, 5) is 34.3. The zero-order valence-electron chi connectivity index (χ0n) is 18.3. The summed E-state index contributed by atoms with van der Waals surface area (Å²) in [6.07, 6.45) is 6.33. The fourth-order valence-corrected chi connectivity index (χ4v) is 4.29. The predicted octanol–water partition coefficient (Wildman–Crippen LogP) is 2.71. The monoisotopic (exact) mass is 422 g/mol. The van der Waals surface area contributed by atoms with Gasteiger partial charge in [-0.25, -0.2) is 13.9 Å². The smallest absolute Gasteiger partial charge is 0.352 e. The van der Waals surface area contributed by atoms with Crippen molar-refractivity contribution in [2.75, 3.05) is 18.0 Å². The fraction of sp³-hybridized carbons (Fsp3) is 0.478. The van der Waals surface area contributed by atoms with E-state index in [9.17, 15) is 9.59 Å². The maximum absolute atomic E-state index is 12.9. The van der Waals surface area contributed by atoms with E-state index in [1.807, 2.05) is 43.3 Å². The van der Waals surface area contributed by atoms with Crippen LogP contribution in [-0.4, -0.2) is 49.1 Å². The second-order valence-electron chi connectivity index (χ2n) is 8.04. The highest BCUT2D eigenvalue weighted by molar-refractivity contribution is 5.75. The molecule has 0 spiro atoms. The van der Waals surface area contributed by atoms with Crippen LogP contribution in [0.1, 0.15) is 45.1 Å². The number of hydrogen-bond acceptors (Lipinski definition) is 5. The van der Waals surface area contributed by atoms with Gasteiger partial charge in [0, 0.05) is 31.9 Å². The number of benzene rings is 1. The molecular formula is C23H30N6O2. The Morgan fingerprint density at radius 1 is 1.16 bits per heavy atom. The first-order chi connectivity index (χ1) is 15.1. The van der Waals surface area contributed by atoms with E-state index in [-0.39, 0.29) is 18.1 Å². The molecule has 31 heavy (non-hydrogen) atoms. The first kappa shape index (κ1) is 21.1. The largest absolute Gasteiger partial charge is 0.353 e. The van der Waals surface area contributed by atoms with Gasteiger partial charge in [-0.1, -0.05) is 37.3 Å². The van der Waals surface area contributed by atoms with E-state index in [1.54, 1.807) is 11.1 Å². The Hall–Kier alpha value is -3.16. The molecule has 4 rings (SSSR count). The Labute approximate surface area is 182 Å². The molecule has 2 aromatic heterocycles. The van der Waals surface area contributed by atoms with Gasteiger partial charge >= 0.3 is 5.69 Å². The summed E-state index contributed by atoms with van der Waals surface area (Å²) >= 11 is 0. The molecule has 1 atom stereocenters. The zero-order chi connectivity index (χ0) is 21.8. The number of anilines is 1. The maximum atomic E-state index is 12.9. The number of nitrogens with zero attached hydrogens (tertiary/aromatic N) is 6. The van der Waals surface area contributed by atoms with Crippen molar-refractivity contribution in [2.24, 2.45) is 0 Å². The third-order valence-electron chi connectivity index (χ3n) is 6.07. The third kappa shape index (κ3) is 4.47. The SMILES string of the molecule is CCC1CCCCN1c1ccn2c(=O)n(CC(=O)N(CC)Cc3ccccc3)nc2n1. The highest BCUT2D eigenvalue weighted by Crippen LogP contribution is 2.24. The minimum atomic E-state index is -0.344. The van der Waals surface area contributed by atoms with Crippen LogP contribution in [0.15, 0.2) is 47.4 Å². The lowest BCUT2D eigenvalue weighted by molar-refractivity contribution is -0.132. The fourth-order valence-electron chi connectivity index (χ4n) is 4.29. The van der Waals surface area contributed by atoms with Crippen LogP contribution in [0, 0.1) is 0 Å². The van der Waals surface area contributed by atoms with Crippen LogP contribution in [0.2, 0.25) is 0 Å². The van der Waals surface area contributed by atoms with E-state index >= 15 is 0 Å². The van der Waals surface area contributed by atoms with Crippen LogP contribution < -0.4 is 10.6 Å². The Kier molecular flexibility index (Phi) is 6.34. The first-order valence-corrected chi connectivity index (χ1v) is 11.1. The topological polar surface area (TPSA) is 75.7 Å². The lowest BCUT2D eigenvalue weighted by Crippen LogP contribution is -2.39. The van der Waals surface area contributed by atoms with Gasteiger partial charge in [-0.05, 0) is 44.2 Å². The Morgan fingerprint density at radius 2 is 1.97 bits per heavy atom. The normalized spacial score (nSPS) is 16.6. The van der Waals surface area contributed by atoms with Crippen LogP contribution in [-0.2, 0) is 17.9 Å². The predicted molar refractivity (Wildman–Crippen MR) is 120 cm³/mol. The molecule has 1 aromatic carbocycles. The summed E-state index contributed by atoms with van der Waals surface area (Å²) in [5.41, 5.74) is 0.710. The van der Waals surface area contributed by atoms with Gasteiger partial charge in [0.1, 0.15) is 12.4 Å². The van der Waals surface area contributed by atoms with Crippen molar-refractivity contribution in [1.29, 1.82) is 0 Å². The summed E-state index contributed by atoms with van der Waals surface area (Å²) in [6.45, 7) is 6.07. The number of hydrogen-bond donors (Lipinski definition) is 0. The number of likely N-dealkylation sites (N-methyl/N-ethyl adjacent to an activating group) is 1. The van der Waals surface area contributed by atoms with Crippen molar-refractivity contribution in [1.82, 2.24) is 24.1 Å². The van der Waals surface area contributed by atoms with E-state index in [1.165, 1.54) is 15.5 Å². The van der Waals surface area contributed by atoms with Gasteiger partial charge in [0.05, 0.1) is 0 Å². The molecule has 0 N–H and O–H groups in total. The van der Waals surface area contributed by atoms with E-state index in [2.05, 4.69) is 21.9 Å². The van der Waals surface area contributed by atoms with Crippen LogP contribution in [0.25, 0.3) is 5.78 Å². The molecule has 0 aliphatic carbocycles. The number of carbonyl (C=O) groups is 1. The maximum Gasteiger partial charge on any atom is 0.352 e. The van der Waals surface area contributed by atoms with Gasteiger partial charge in [-0.3, -0.25) is 4.79 Å². The van der Waals surface area contributed by atoms with E-state index in [0.29, 0.717) is 24.9 Å². The van der Waals surface area contributed by atoms with Crippen LogP contribution in [0.5, 0.6) is 0 Å². The summed E-state index contributed by atoms with van der Waals surface area (Å²) in [7, 11) is 0. The standard InChI is InChI=1S/C23H30N6O2/c1-3-19-12-8-9-14-27(19)20-13-15-28-22(24-20)25-29(23(28)31)17-21(30)26(4-2)16-18-10-6-5-7-11-18/h5-7,10-11,13,15,19H,3-4,8-9,12,14,16-17H2,1-2H3. The third-order valence-corrected chi connectivity index (χ3v) is 6.07. The summed E-state index contributed by atoms with van der Waals surface area (Å²) in [5, 5.41) is 4.36. The number of carbonyl (C=O) groups excluding carboxylic acids is 1. The second-order valence-corrected chi connectivity index (χ2v) is 8.04. The van der Waals surface area contributed by atoms with Crippen molar-refractivity contribution in [3.63, 3.8) is 0 Å². The molecule has 8 nitrogen and oxygen atoms in total. The van der Waals surface area contributed by atoms with Gasteiger partial charge in [0.2, 0.25) is 5.91 Å². The van der Waals surface area contributed by atoms with Crippen molar-refractivity contribution >= 4 is 17.5 Å². The van der Waals surface area contributed by atoms with Crippen molar-refractivity contribution in [3.05, 3.63) is 58.6 Å². The minimum absolute atomic E-state index is 0.0977. The van der Waals surface area contributed by atoms with Crippen LogP contribution in [0.4, 0.5) is 5.82 Å². The first-order valence-electron chi connectivity index (χ1n) is 11.1. The molecule has 0 bridgehead atoms. The molecule has 1 unspecified atom stereocenters. The lowest BCUT2D eigenvalue weighted by Gasteiger charge is -2.36. The summed E-state index contributed by atoms with van der Waals surface area (Å²) < 4.78 is 2.63. The lowest BCUT2D eigenvalue weighted by atomic mass is 10.0. The molecule has 0 saturated carbocycles. The zero-order valence-corrected chi connectivity index (χ0v) is 18.3. The summed E-state index contributed by atoms with van der Waals surface area (Å²) in [5.74, 6) is 1.04. The molecule has 3 heterocycles. The van der Waals surface area contributed by atoms with Gasteiger partial charge in [0.25, 0.3) is 5.78 Å². The average Bonchev–Trinajstić information content (AvgIpc) is 3.12. The average molecular weight is 423 g/mol. The minimum Gasteiger partial charge on any atom is -0.353 e. The highest BCUT2D eigenvalue weighted by atomic mass is 16.2. The molecule has 1 amide bonds.